The Kier molecular flexibility index (Phi) is 10.6. The number of hydrogen-bond donors (Lipinski definition) is 0. The van der Waals surface area contributed by atoms with E-state index in [1.165, 1.54) is 21.5 Å². The number of carbonyl (C=O) groups is 1. The number of aliphatic imine (C=N–C) groups is 1. The number of fused-ring (bicyclic) bond motifs is 4. The van der Waals surface area contributed by atoms with Crippen molar-refractivity contribution in [2.45, 2.75) is 64.2 Å². The number of aryl methyl sites for hydroxylation is 1. The van der Waals surface area contributed by atoms with Gasteiger partial charge in [0.15, 0.2) is 11.5 Å². The number of aromatic nitrogens is 4. The lowest BCUT2D eigenvalue weighted by Gasteiger charge is -2.35. The SMILES string of the molecule is CCOc1cc2c(cc1OC)C(c1ccc(C(=O)N3CCC(n4c(=O)c5sc(-c6ccccc6)cc5n(Cc5ccn(CC)n5)c4=O)CC3)cc1)=N[C@@H]1CCSC[C@H]21. The molecule has 3 aliphatic heterocycles. The summed E-state index contributed by atoms with van der Waals surface area (Å²) in [6.45, 7) is 6.38. The van der Waals surface area contributed by atoms with Crippen molar-refractivity contribution in [3.8, 4) is 21.9 Å². The van der Waals surface area contributed by atoms with E-state index in [4.69, 9.17) is 14.5 Å². The number of amides is 1. The molecule has 0 unspecified atom stereocenters. The fourth-order valence-corrected chi connectivity index (χ4v) is 11.0. The largest absolute Gasteiger partial charge is 0.493 e. The number of thiophene rings is 1. The van der Waals surface area contributed by atoms with Gasteiger partial charge in [0.2, 0.25) is 0 Å². The molecule has 2 atom stereocenters. The number of benzene rings is 3. The van der Waals surface area contributed by atoms with Crippen LogP contribution in [0.1, 0.15) is 77.8 Å². The second kappa shape index (κ2) is 16.1. The lowest BCUT2D eigenvalue weighted by Crippen LogP contribution is -2.46. The molecule has 3 aromatic heterocycles. The van der Waals surface area contributed by atoms with E-state index in [0.717, 1.165) is 63.2 Å². The van der Waals surface area contributed by atoms with E-state index in [2.05, 4.69) is 17.2 Å². The summed E-state index contributed by atoms with van der Waals surface area (Å²) in [6.07, 6.45) is 3.90. The molecular weight excluding hydrogens is 769 g/mol. The van der Waals surface area contributed by atoms with Gasteiger partial charge >= 0.3 is 5.69 Å². The van der Waals surface area contributed by atoms with Crippen LogP contribution in [0.25, 0.3) is 20.7 Å². The molecule has 3 aromatic carbocycles. The Morgan fingerprint density at radius 1 is 0.914 bits per heavy atom. The van der Waals surface area contributed by atoms with Gasteiger partial charge in [-0.2, -0.15) is 16.9 Å². The van der Waals surface area contributed by atoms with Crippen LogP contribution < -0.4 is 20.7 Å². The number of nitrogens with zero attached hydrogens (tertiary/aromatic N) is 6. The molecule has 58 heavy (non-hydrogen) atoms. The maximum absolute atomic E-state index is 14.4. The Hall–Kier alpha value is -5.40. The van der Waals surface area contributed by atoms with Crippen molar-refractivity contribution in [2.75, 3.05) is 38.3 Å². The maximum atomic E-state index is 14.4. The topological polar surface area (TPSA) is 113 Å². The van der Waals surface area contributed by atoms with Gasteiger partial charge in [-0.15, -0.1) is 11.3 Å². The van der Waals surface area contributed by atoms with Gasteiger partial charge in [0.25, 0.3) is 11.5 Å². The minimum absolute atomic E-state index is 0.0686. The fraction of sp³-hybridized carbons (Fsp3) is 0.356. The molecule has 6 aromatic rings. The summed E-state index contributed by atoms with van der Waals surface area (Å²) in [5, 5.41) is 4.65. The highest BCUT2D eigenvalue weighted by Crippen LogP contribution is 2.44. The zero-order valence-electron chi connectivity index (χ0n) is 32.9. The molecule has 0 spiro atoms. The first kappa shape index (κ1) is 38.1. The van der Waals surface area contributed by atoms with Crippen LogP contribution in [0.15, 0.2) is 99.6 Å². The van der Waals surface area contributed by atoms with Crippen LogP contribution >= 0.6 is 23.1 Å². The highest BCUT2D eigenvalue weighted by Gasteiger charge is 2.35. The van der Waals surface area contributed by atoms with Gasteiger partial charge in [0, 0.05) is 65.1 Å². The molecule has 9 rings (SSSR count). The highest BCUT2D eigenvalue weighted by atomic mass is 32.2. The summed E-state index contributed by atoms with van der Waals surface area (Å²) in [7, 11) is 1.66. The van der Waals surface area contributed by atoms with Gasteiger partial charge in [-0.25, -0.2) is 4.79 Å². The average Bonchev–Trinajstić information content (AvgIpc) is 3.93. The summed E-state index contributed by atoms with van der Waals surface area (Å²) in [5.74, 6) is 3.78. The number of piperidine rings is 1. The molecule has 2 saturated heterocycles. The molecular formula is C45H46N6O5S2. The highest BCUT2D eigenvalue weighted by molar-refractivity contribution is 7.99. The molecule has 1 amide bonds. The number of methoxy groups -OCH3 is 1. The smallest absolute Gasteiger partial charge is 0.332 e. The third-order valence-electron chi connectivity index (χ3n) is 11.7. The van der Waals surface area contributed by atoms with E-state index in [0.29, 0.717) is 60.0 Å². The normalized spacial score (nSPS) is 18.1. The zero-order valence-corrected chi connectivity index (χ0v) is 34.6. The first-order valence-corrected chi connectivity index (χ1v) is 22.1. The molecule has 0 N–H and O–H groups in total. The summed E-state index contributed by atoms with van der Waals surface area (Å²) < 4.78 is 17.2. The average molecular weight is 815 g/mol. The van der Waals surface area contributed by atoms with E-state index in [9.17, 15) is 14.4 Å². The lowest BCUT2D eigenvalue weighted by atomic mass is 9.81. The summed E-state index contributed by atoms with van der Waals surface area (Å²) >= 11 is 3.39. The van der Waals surface area contributed by atoms with Gasteiger partial charge in [0.1, 0.15) is 4.70 Å². The van der Waals surface area contributed by atoms with Gasteiger partial charge in [-0.1, -0.05) is 42.5 Å². The molecule has 3 aliphatic rings. The Labute approximate surface area is 344 Å². The van der Waals surface area contributed by atoms with Crippen LogP contribution in [0.4, 0.5) is 0 Å². The minimum atomic E-state index is -0.349. The van der Waals surface area contributed by atoms with Gasteiger partial charge in [0.05, 0.1) is 43.2 Å². The van der Waals surface area contributed by atoms with E-state index < -0.39 is 0 Å². The Balaban J connectivity index is 0.967. The van der Waals surface area contributed by atoms with E-state index in [-0.39, 0.29) is 35.8 Å². The minimum Gasteiger partial charge on any atom is -0.493 e. The Morgan fingerprint density at radius 3 is 2.43 bits per heavy atom. The van der Waals surface area contributed by atoms with Crippen LogP contribution in [-0.4, -0.2) is 79.8 Å². The molecule has 298 valence electrons. The third kappa shape index (κ3) is 6.97. The van der Waals surface area contributed by atoms with Crippen LogP contribution in [0.3, 0.4) is 0 Å². The van der Waals surface area contributed by atoms with Gasteiger partial charge < -0.3 is 14.4 Å². The van der Waals surface area contributed by atoms with Gasteiger partial charge in [-0.05, 0) is 86.4 Å². The Morgan fingerprint density at radius 2 is 1.71 bits per heavy atom. The molecule has 6 heterocycles. The van der Waals surface area contributed by atoms with Gasteiger partial charge in [-0.3, -0.25) is 28.4 Å². The number of carbonyl (C=O) groups excluding carboxylic acids is 1. The number of likely N-dealkylation sites (tertiary alicyclic amines) is 1. The third-order valence-corrected chi connectivity index (χ3v) is 14.0. The lowest BCUT2D eigenvalue weighted by molar-refractivity contribution is 0.0691. The molecule has 0 radical (unpaired) electrons. The number of thioether (sulfide) groups is 1. The molecule has 0 aliphatic carbocycles. The van der Waals surface area contributed by atoms with Crippen LogP contribution in [0, 0.1) is 0 Å². The monoisotopic (exact) mass is 814 g/mol. The summed E-state index contributed by atoms with van der Waals surface area (Å²) in [6, 6.07) is 25.6. The van der Waals surface area contributed by atoms with E-state index >= 15 is 0 Å². The molecule has 11 nitrogen and oxygen atoms in total. The van der Waals surface area contributed by atoms with Crippen molar-refractivity contribution in [1.82, 2.24) is 23.8 Å². The van der Waals surface area contributed by atoms with Crippen LogP contribution in [0.5, 0.6) is 11.5 Å². The Bertz CT molecular complexity index is 2640. The molecule has 2 fully saturated rings. The van der Waals surface area contributed by atoms with Crippen molar-refractivity contribution < 1.29 is 14.3 Å². The van der Waals surface area contributed by atoms with Crippen molar-refractivity contribution in [3.05, 3.63) is 134 Å². The summed E-state index contributed by atoms with van der Waals surface area (Å²) in [5.41, 5.74) is 6.49. The van der Waals surface area contributed by atoms with Crippen LogP contribution in [-0.2, 0) is 13.1 Å². The maximum Gasteiger partial charge on any atom is 0.332 e. The van der Waals surface area contributed by atoms with Crippen molar-refractivity contribution >= 4 is 44.9 Å². The van der Waals surface area contributed by atoms with Crippen molar-refractivity contribution in [3.63, 3.8) is 0 Å². The number of rotatable bonds is 10. The number of hydrogen-bond acceptors (Lipinski definition) is 9. The number of ether oxygens (including phenoxy) is 2. The standard InChI is InChI=1S/C45H46N6O5S2/c1-4-49-21-15-31(47-49)26-50-37-25-40(28-9-7-6-8-10-28)58-42(37)44(53)51(45(50)54)32-16-19-48(20-17-32)43(52)30-13-11-29(12-14-30)41-34-24-38(55-3)39(56-5-2)23-33(34)35-27-57-22-18-36(35)46-41/h6-15,21,23-25,32,35-36H,4-5,16-20,22,26-27H2,1-3H3/t35-,36-/m1/s1. The van der Waals surface area contributed by atoms with E-state index in [1.807, 2.05) is 108 Å². The first-order chi connectivity index (χ1) is 28.3. The second-order valence-electron chi connectivity index (χ2n) is 15.0. The molecule has 0 bridgehead atoms. The predicted molar refractivity (Wildman–Crippen MR) is 232 cm³/mol. The van der Waals surface area contributed by atoms with Crippen molar-refractivity contribution in [2.24, 2.45) is 4.99 Å². The van der Waals surface area contributed by atoms with Crippen molar-refractivity contribution in [1.29, 1.82) is 0 Å². The first-order valence-electron chi connectivity index (χ1n) is 20.1. The quantitative estimate of drug-likeness (QED) is 0.141. The van der Waals surface area contributed by atoms with Crippen LogP contribution in [0.2, 0.25) is 0 Å². The zero-order chi connectivity index (χ0) is 39.9. The molecule has 13 heteroatoms. The second-order valence-corrected chi connectivity index (χ2v) is 17.2. The summed E-state index contributed by atoms with van der Waals surface area (Å²) in [4.78, 5) is 50.6. The predicted octanol–water partition coefficient (Wildman–Crippen LogP) is 7.48. The fourth-order valence-electron chi connectivity index (χ4n) is 8.65. The molecule has 0 saturated carbocycles. The van der Waals surface area contributed by atoms with E-state index in [1.54, 1.807) is 11.7 Å².